The molecular formula is C16H16Cl2N4O4. The molecule has 8 nitrogen and oxygen atoms in total. The number of anilines is 3. The number of aliphatic hydroxyl groups excluding tert-OH is 1. The van der Waals surface area contributed by atoms with E-state index >= 15 is 0 Å². The first kappa shape index (κ1) is 19.8. The van der Waals surface area contributed by atoms with Gasteiger partial charge in [-0.05, 0) is 24.3 Å². The molecule has 0 saturated heterocycles. The normalized spacial score (nSPS) is 10.3. The highest BCUT2D eigenvalue weighted by Crippen LogP contribution is 2.27. The molecule has 0 heterocycles. The Kier molecular flexibility index (Phi) is 7.02. The summed E-state index contributed by atoms with van der Waals surface area (Å²) in [6, 6.07) is 8.81. The van der Waals surface area contributed by atoms with Gasteiger partial charge in [0.05, 0.1) is 40.2 Å². The zero-order chi connectivity index (χ0) is 19.1. The Hall–Kier alpha value is -2.55. The summed E-state index contributed by atoms with van der Waals surface area (Å²) in [6.45, 7) is 0.0129. The smallest absolute Gasteiger partial charge is 0.271 e. The number of nitrogens with one attached hydrogen (secondary N) is 3. The lowest BCUT2D eigenvalue weighted by molar-refractivity contribution is -0.384. The van der Waals surface area contributed by atoms with Gasteiger partial charge in [0.25, 0.3) is 5.69 Å². The van der Waals surface area contributed by atoms with Crippen LogP contribution in [0, 0.1) is 10.1 Å². The number of nitrogens with zero attached hydrogens (tertiary/aromatic N) is 1. The lowest BCUT2D eigenvalue weighted by Crippen LogP contribution is -2.22. The maximum atomic E-state index is 12.1. The predicted molar refractivity (Wildman–Crippen MR) is 102 cm³/mol. The van der Waals surface area contributed by atoms with Crippen LogP contribution in [0.25, 0.3) is 0 Å². The maximum absolute atomic E-state index is 12.1. The fraction of sp³-hybridized carbons (Fsp3) is 0.188. The van der Waals surface area contributed by atoms with Gasteiger partial charge in [-0.2, -0.15) is 0 Å². The molecule has 4 N–H and O–H groups in total. The minimum atomic E-state index is -0.533. The van der Waals surface area contributed by atoms with Crippen LogP contribution < -0.4 is 16.0 Å². The number of non-ortho nitro benzene ring substituents is 1. The van der Waals surface area contributed by atoms with E-state index in [-0.39, 0.29) is 25.4 Å². The first-order valence-corrected chi connectivity index (χ1v) is 8.28. The molecule has 26 heavy (non-hydrogen) atoms. The van der Waals surface area contributed by atoms with Gasteiger partial charge in [0, 0.05) is 23.7 Å². The van der Waals surface area contributed by atoms with Crippen LogP contribution in [0.3, 0.4) is 0 Å². The summed E-state index contributed by atoms with van der Waals surface area (Å²) in [7, 11) is 0. The second-order valence-electron chi connectivity index (χ2n) is 5.16. The number of halogens is 2. The van der Waals surface area contributed by atoms with Crippen LogP contribution in [0.4, 0.5) is 22.7 Å². The Bertz CT molecular complexity index is 817. The van der Waals surface area contributed by atoms with E-state index in [2.05, 4.69) is 16.0 Å². The van der Waals surface area contributed by atoms with E-state index in [9.17, 15) is 14.9 Å². The van der Waals surface area contributed by atoms with Gasteiger partial charge in [-0.15, -0.1) is 0 Å². The maximum Gasteiger partial charge on any atom is 0.271 e. The van der Waals surface area contributed by atoms with E-state index in [4.69, 9.17) is 28.3 Å². The predicted octanol–water partition coefficient (Wildman–Crippen LogP) is 3.36. The molecule has 0 atom stereocenters. The third-order valence-corrected chi connectivity index (χ3v) is 3.83. The number of hydrogen-bond donors (Lipinski definition) is 4. The Morgan fingerprint density at radius 3 is 2.46 bits per heavy atom. The van der Waals surface area contributed by atoms with Crippen LogP contribution >= 0.6 is 23.2 Å². The van der Waals surface area contributed by atoms with Crippen molar-refractivity contribution in [2.45, 2.75) is 0 Å². The summed E-state index contributed by atoms with van der Waals surface area (Å²) in [6.07, 6.45) is 0. The van der Waals surface area contributed by atoms with Crippen molar-refractivity contribution in [3.05, 3.63) is 56.6 Å². The molecule has 0 aliphatic rings. The van der Waals surface area contributed by atoms with Gasteiger partial charge >= 0.3 is 0 Å². The summed E-state index contributed by atoms with van der Waals surface area (Å²) >= 11 is 11.8. The molecular weight excluding hydrogens is 383 g/mol. The zero-order valence-electron chi connectivity index (χ0n) is 13.5. The van der Waals surface area contributed by atoms with Crippen LogP contribution in [0.1, 0.15) is 0 Å². The van der Waals surface area contributed by atoms with Crippen molar-refractivity contribution in [2.75, 3.05) is 35.6 Å². The quantitative estimate of drug-likeness (QED) is 0.400. The Labute approximate surface area is 159 Å². The van der Waals surface area contributed by atoms with E-state index < -0.39 is 10.8 Å². The molecule has 0 fully saturated rings. The number of amides is 1. The van der Waals surface area contributed by atoms with Crippen LogP contribution in [0.15, 0.2) is 36.4 Å². The van der Waals surface area contributed by atoms with Crippen LogP contribution in [-0.2, 0) is 4.79 Å². The van der Waals surface area contributed by atoms with Gasteiger partial charge < -0.3 is 21.1 Å². The average molecular weight is 399 g/mol. The minimum absolute atomic E-state index is 0.105. The molecule has 0 radical (unpaired) electrons. The fourth-order valence-electron chi connectivity index (χ4n) is 2.10. The molecule has 138 valence electrons. The SMILES string of the molecule is O=C(CNc1cc([N+](=O)[O-])ccc1NCCO)Nc1ccc(Cl)cc1Cl. The largest absolute Gasteiger partial charge is 0.395 e. The summed E-state index contributed by atoms with van der Waals surface area (Å²) in [5.41, 5.74) is 1.18. The van der Waals surface area contributed by atoms with Gasteiger partial charge in [0.15, 0.2) is 0 Å². The van der Waals surface area contributed by atoms with Crippen LogP contribution in [0.2, 0.25) is 10.0 Å². The monoisotopic (exact) mass is 398 g/mol. The summed E-state index contributed by atoms with van der Waals surface area (Å²) < 4.78 is 0. The van der Waals surface area contributed by atoms with Gasteiger partial charge in [-0.1, -0.05) is 23.2 Å². The average Bonchev–Trinajstić information content (AvgIpc) is 2.60. The van der Waals surface area contributed by atoms with E-state index in [1.54, 1.807) is 12.1 Å². The number of hydrogen-bond acceptors (Lipinski definition) is 6. The molecule has 2 rings (SSSR count). The topological polar surface area (TPSA) is 117 Å². The number of nitro benzene ring substituents is 1. The van der Waals surface area contributed by atoms with Gasteiger partial charge in [-0.3, -0.25) is 14.9 Å². The van der Waals surface area contributed by atoms with E-state index in [1.165, 1.54) is 24.3 Å². The second-order valence-corrected chi connectivity index (χ2v) is 6.01. The van der Waals surface area contributed by atoms with Crippen LogP contribution in [0.5, 0.6) is 0 Å². The number of benzene rings is 2. The zero-order valence-corrected chi connectivity index (χ0v) is 15.0. The van der Waals surface area contributed by atoms with Crippen molar-refractivity contribution >= 4 is 51.9 Å². The third kappa shape index (κ3) is 5.48. The first-order valence-electron chi connectivity index (χ1n) is 7.52. The van der Waals surface area contributed by atoms with Crippen molar-refractivity contribution in [1.29, 1.82) is 0 Å². The Balaban J connectivity index is 2.07. The summed E-state index contributed by atoms with van der Waals surface area (Å²) in [5.74, 6) is -0.395. The van der Waals surface area contributed by atoms with Crippen molar-refractivity contribution in [2.24, 2.45) is 0 Å². The van der Waals surface area contributed by atoms with Gasteiger partial charge in [0.1, 0.15) is 0 Å². The molecule has 0 bridgehead atoms. The second kappa shape index (κ2) is 9.23. The summed E-state index contributed by atoms with van der Waals surface area (Å²) in [4.78, 5) is 22.5. The molecule has 2 aromatic carbocycles. The molecule has 1 amide bonds. The van der Waals surface area contributed by atoms with Gasteiger partial charge in [-0.25, -0.2) is 0 Å². The highest BCUT2D eigenvalue weighted by atomic mass is 35.5. The molecule has 0 unspecified atom stereocenters. The number of carbonyl (C=O) groups excluding carboxylic acids is 1. The van der Waals surface area contributed by atoms with Crippen molar-refractivity contribution in [3.63, 3.8) is 0 Å². The lowest BCUT2D eigenvalue weighted by atomic mass is 10.2. The van der Waals surface area contributed by atoms with Crippen molar-refractivity contribution in [3.8, 4) is 0 Å². The molecule has 10 heteroatoms. The molecule has 0 spiro atoms. The molecule has 2 aromatic rings. The highest BCUT2D eigenvalue weighted by Gasteiger charge is 2.12. The third-order valence-electron chi connectivity index (χ3n) is 3.29. The molecule has 0 aromatic heterocycles. The highest BCUT2D eigenvalue weighted by molar-refractivity contribution is 6.36. The fourth-order valence-corrected chi connectivity index (χ4v) is 2.55. The van der Waals surface area contributed by atoms with E-state index in [0.717, 1.165) is 0 Å². The number of carbonyl (C=O) groups is 1. The van der Waals surface area contributed by atoms with E-state index in [1.807, 2.05) is 0 Å². The Morgan fingerprint density at radius 1 is 1.08 bits per heavy atom. The molecule has 0 aliphatic heterocycles. The molecule has 0 saturated carbocycles. The standard InChI is InChI=1S/C16H16Cl2N4O4/c17-10-1-3-13(12(18)7-10)21-16(24)9-20-15-8-11(22(25)26)2-4-14(15)19-5-6-23/h1-4,7-8,19-20,23H,5-6,9H2,(H,21,24). The number of aliphatic hydroxyl groups is 1. The lowest BCUT2D eigenvalue weighted by Gasteiger charge is -2.14. The van der Waals surface area contributed by atoms with Crippen molar-refractivity contribution in [1.82, 2.24) is 0 Å². The number of nitro groups is 1. The minimum Gasteiger partial charge on any atom is -0.395 e. The van der Waals surface area contributed by atoms with Crippen molar-refractivity contribution < 1.29 is 14.8 Å². The van der Waals surface area contributed by atoms with E-state index in [0.29, 0.717) is 27.1 Å². The Morgan fingerprint density at radius 2 is 1.81 bits per heavy atom. The summed E-state index contributed by atoms with van der Waals surface area (Å²) in [5, 5.41) is 29.0. The first-order chi connectivity index (χ1) is 12.4. The van der Waals surface area contributed by atoms with Gasteiger partial charge in [0.2, 0.25) is 5.91 Å². The van der Waals surface area contributed by atoms with Crippen LogP contribution in [-0.4, -0.2) is 35.6 Å². The number of rotatable bonds is 8. The molecule has 0 aliphatic carbocycles.